The van der Waals surface area contributed by atoms with Crippen LogP contribution in [-0.4, -0.2) is 10.8 Å². The Kier molecular flexibility index (Phi) is 4.74. The van der Waals surface area contributed by atoms with Crippen LogP contribution in [-0.2, 0) is 0 Å². The second-order valence-corrected chi connectivity index (χ2v) is 5.96. The molecule has 0 atom stereocenters. The predicted octanol–water partition coefficient (Wildman–Crippen LogP) is 4.68. The van der Waals surface area contributed by atoms with Gasteiger partial charge < -0.3 is 5.32 Å². The van der Waals surface area contributed by atoms with E-state index in [1.165, 1.54) is 18.2 Å². The van der Waals surface area contributed by atoms with E-state index < -0.39 is 4.92 Å². The Hall–Kier alpha value is -1.73. The number of hydrogen-bond donors (Lipinski definition) is 1. The third-order valence-corrected chi connectivity index (χ3v) is 4.53. The summed E-state index contributed by atoms with van der Waals surface area (Å²) < 4.78 is 1.04. The molecule has 1 amide bonds. The van der Waals surface area contributed by atoms with Crippen LogP contribution in [0.25, 0.3) is 0 Å². The summed E-state index contributed by atoms with van der Waals surface area (Å²) in [5, 5.41) is 13.5. The summed E-state index contributed by atoms with van der Waals surface area (Å²) >= 11 is 6.50. The molecule has 0 heterocycles. The summed E-state index contributed by atoms with van der Waals surface area (Å²) in [7, 11) is 0. The summed E-state index contributed by atoms with van der Waals surface area (Å²) in [4.78, 5) is 22.5. The molecule has 0 saturated carbocycles. The van der Waals surface area contributed by atoms with Crippen molar-refractivity contribution >= 4 is 49.1 Å². The second kappa shape index (κ2) is 6.36. The minimum atomic E-state index is -0.493. The molecule has 2 aromatic carbocycles. The molecule has 0 aliphatic rings. The molecule has 0 radical (unpaired) electrons. The summed E-state index contributed by atoms with van der Waals surface area (Å²) in [6.07, 6.45) is 0. The van der Waals surface area contributed by atoms with Gasteiger partial charge in [-0.3, -0.25) is 14.9 Å². The Labute approximate surface area is 137 Å². The zero-order chi connectivity index (χ0) is 15.6. The first-order valence-corrected chi connectivity index (χ1v) is 7.49. The molecule has 0 fully saturated rings. The van der Waals surface area contributed by atoms with Gasteiger partial charge in [0.1, 0.15) is 0 Å². The molecular formula is C14H10Br2N2O3. The second-order valence-electron chi connectivity index (χ2n) is 4.31. The van der Waals surface area contributed by atoms with E-state index in [1.807, 2.05) is 13.0 Å². The standard InChI is InChI=1S/C14H10Br2N2O3/c1-8-3-2-4-10(13(8)16)14(19)17-9-5-6-12(18(20)21)11(15)7-9/h2-7H,1H3,(H,17,19). The largest absolute Gasteiger partial charge is 0.322 e. The van der Waals surface area contributed by atoms with Crippen molar-refractivity contribution in [3.05, 3.63) is 66.6 Å². The Morgan fingerprint density at radius 3 is 2.57 bits per heavy atom. The summed E-state index contributed by atoms with van der Waals surface area (Å²) in [6.45, 7) is 1.89. The molecule has 5 nitrogen and oxygen atoms in total. The summed E-state index contributed by atoms with van der Waals surface area (Å²) in [5.74, 6) is -0.286. The van der Waals surface area contributed by atoms with E-state index in [4.69, 9.17) is 0 Å². The third-order valence-electron chi connectivity index (χ3n) is 2.84. The highest BCUT2D eigenvalue weighted by Gasteiger charge is 2.15. The molecule has 7 heteroatoms. The monoisotopic (exact) mass is 412 g/mol. The average molecular weight is 414 g/mol. The van der Waals surface area contributed by atoms with E-state index in [2.05, 4.69) is 37.2 Å². The zero-order valence-corrected chi connectivity index (χ0v) is 14.1. The lowest BCUT2D eigenvalue weighted by atomic mass is 10.1. The van der Waals surface area contributed by atoms with Crippen molar-refractivity contribution in [1.82, 2.24) is 0 Å². The molecule has 0 aromatic heterocycles. The molecule has 0 bridgehead atoms. The fourth-order valence-corrected chi connectivity index (χ4v) is 2.72. The van der Waals surface area contributed by atoms with Gasteiger partial charge in [0, 0.05) is 16.2 Å². The lowest BCUT2D eigenvalue weighted by Gasteiger charge is -2.09. The van der Waals surface area contributed by atoms with Crippen LogP contribution in [0.3, 0.4) is 0 Å². The van der Waals surface area contributed by atoms with Gasteiger partial charge in [0.25, 0.3) is 11.6 Å². The lowest BCUT2D eigenvalue weighted by Crippen LogP contribution is -2.13. The van der Waals surface area contributed by atoms with Gasteiger partial charge in [-0.15, -0.1) is 0 Å². The van der Waals surface area contributed by atoms with Crippen molar-refractivity contribution in [3.63, 3.8) is 0 Å². The molecular weight excluding hydrogens is 404 g/mol. The van der Waals surface area contributed by atoms with Gasteiger partial charge in [0.15, 0.2) is 0 Å². The Morgan fingerprint density at radius 2 is 1.95 bits per heavy atom. The number of rotatable bonds is 3. The van der Waals surface area contributed by atoms with Crippen LogP contribution in [0.5, 0.6) is 0 Å². The first kappa shape index (κ1) is 15.7. The molecule has 0 unspecified atom stereocenters. The highest BCUT2D eigenvalue weighted by atomic mass is 79.9. The minimum absolute atomic E-state index is 0.0512. The van der Waals surface area contributed by atoms with Crippen LogP contribution in [0.4, 0.5) is 11.4 Å². The molecule has 21 heavy (non-hydrogen) atoms. The highest BCUT2D eigenvalue weighted by Crippen LogP contribution is 2.28. The number of hydrogen-bond acceptors (Lipinski definition) is 3. The van der Waals surface area contributed by atoms with Crippen molar-refractivity contribution in [3.8, 4) is 0 Å². The van der Waals surface area contributed by atoms with Gasteiger partial charge in [-0.25, -0.2) is 0 Å². The number of carbonyl (C=O) groups excluding carboxylic acids is 1. The maximum absolute atomic E-state index is 12.2. The lowest BCUT2D eigenvalue weighted by molar-refractivity contribution is -0.385. The number of halogens is 2. The Bertz CT molecular complexity index is 732. The number of amides is 1. The highest BCUT2D eigenvalue weighted by molar-refractivity contribution is 9.11. The van der Waals surface area contributed by atoms with E-state index in [1.54, 1.807) is 12.1 Å². The number of nitro groups is 1. The fraction of sp³-hybridized carbons (Fsp3) is 0.0714. The normalized spacial score (nSPS) is 10.2. The molecule has 0 saturated heterocycles. The maximum atomic E-state index is 12.2. The van der Waals surface area contributed by atoms with Gasteiger partial charge in [-0.2, -0.15) is 0 Å². The van der Waals surface area contributed by atoms with Gasteiger partial charge in [0.2, 0.25) is 0 Å². The third kappa shape index (κ3) is 3.48. The van der Waals surface area contributed by atoms with E-state index in [0.29, 0.717) is 15.7 Å². The average Bonchev–Trinajstić information content (AvgIpc) is 2.41. The maximum Gasteiger partial charge on any atom is 0.283 e. The Balaban J connectivity index is 2.26. The van der Waals surface area contributed by atoms with E-state index in [0.717, 1.165) is 10.0 Å². The topological polar surface area (TPSA) is 72.2 Å². The summed E-state index contributed by atoms with van der Waals surface area (Å²) in [5.41, 5.74) is 1.88. The molecule has 108 valence electrons. The quantitative estimate of drug-likeness (QED) is 0.586. The number of benzene rings is 2. The summed E-state index contributed by atoms with van der Waals surface area (Å²) in [6, 6.07) is 9.71. The van der Waals surface area contributed by atoms with Crippen molar-refractivity contribution in [2.75, 3.05) is 5.32 Å². The first-order chi connectivity index (χ1) is 9.90. The van der Waals surface area contributed by atoms with Gasteiger partial charge in [0.05, 0.1) is 15.0 Å². The SMILES string of the molecule is Cc1cccc(C(=O)Nc2ccc([N+](=O)[O-])c(Br)c2)c1Br. The van der Waals surface area contributed by atoms with Gasteiger partial charge in [-0.05, 0) is 62.5 Å². The number of anilines is 1. The molecule has 0 aliphatic heterocycles. The van der Waals surface area contributed by atoms with E-state index >= 15 is 0 Å². The van der Waals surface area contributed by atoms with Crippen LogP contribution < -0.4 is 5.32 Å². The molecule has 2 aromatic rings. The van der Waals surface area contributed by atoms with Crippen molar-refractivity contribution in [1.29, 1.82) is 0 Å². The number of carbonyl (C=O) groups is 1. The number of nitrogens with zero attached hydrogens (tertiary/aromatic N) is 1. The zero-order valence-electron chi connectivity index (χ0n) is 10.9. The van der Waals surface area contributed by atoms with Crippen molar-refractivity contribution in [2.45, 2.75) is 6.92 Å². The molecule has 1 N–H and O–H groups in total. The minimum Gasteiger partial charge on any atom is -0.322 e. The van der Waals surface area contributed by atoms with Crippen LogP contribution in [0.2, 0.25) is 0 Å². The number of aryl methyl sites for hydroxylation is 1. The van der Waals surface area contributed by atoms with Crippen LogP contribution in [0, 0.1) is 17.0 Å². The van der Waals surface area contributed by atoms with Gasteiger partial charge in [-0.1, -0.05) is 12.1 Å². The van der Waals surface area contributed by atoms with Crippen molar-refractivity contribution < 1.29 is 9.72 Å². The van der Waals surface area contributed by atoms with Crippen LogP contribution in [0.15, 0.2) is 45.3 Å². The smallest absolute Gasteiger partial charge is 0.283 e. The molecule has 0 aliphatic carbocycles. The number of nitrogens with one attached hydrogen (secondary N) is 1. The van der Waals surface area contributed by atoms with Gasteiger partial charge >= 0.3 is 0 Å². The fourth-order valence-electron chi connectivity index (χ4n) is 1.75. The molecule has 0 spiro atoms. The molecule has 2 rings (SSSR count). The number of nitro benzene ring substituents is 1. The van der Waals surface area contributed by atoms with Crippen molar-refractivity contribution in [2.24, 2.45) is 0 Å². The Morgan fingerprint density at radius 1 is 1.24 bits per heavy atom. The van der Waals surface area contributed by atoms with E-state index in [-0.39, 0.29) is 11.6 Å². The van der Waals surface area contributed by atoms with Crippen LogP contribution in [0.1, 0.15) is 15.9 Å². The first-order valence-electron chi connectivity index (χ1n) is 5.90. The van der Waals surface area contributed by atoms with Crippen LogP contribution >= 0.6 is 31.9 Å². The van der Waals surface area contributed by atoms with E-state index in [9.17, 15) is 14.9 Å². The predicted molar refractivity (Wildman–Crippen MR) is 87.6 cm³/mol.